The van der Waals surface area contributed by atoms with Crippen LogP contribution in [0.2, 0.25) is 0 Å². The van der Waals surface area contributed by atoms with Gasteiger partial charge in [0.05, 0.1) is 39.0 Å². The molecular weight excluding hydrogens is 276 g/mol. The molecule has 20 heavy (non-hydrogen) atoms. The summed E-state index contributed by atoms with van der Waals surface area (Å²) in [5, 5.41) is 0. The highest BCUT2D eigenvalue weighted by Crippen LogP contribution is 2.10. The zero-order valence-corrected chi connectivity index (χ0v) is 12.9. The minimum Gasteiger partial charge on any atom is -0.497 e. The number of hydrogen-bond acceptors (Lipinski definition) is 3. The Balaban J connectivity index is 1.88. The van der Waals surface area contributed by atoms with Crippen LogP contribution in [-0.2, 0) is 16.6 Å². The van der Waals surface area contributed by atoms with Crippen molar-refractivity contribution in [2.75, 3.05) is 39.0 Å². The first-order chi connectivity index (χ1) is 9.55. The van der Waals surface area contributed by atoms with Crippen molar-refractivity contribution in [2.45, 2.75) is 13.5 Å². The molecule has 1 saturated heterocycles. The largest absolute Gasteiger partial charge is 0.497 e. The summed E-state index contributed by atoms with van der Waals surface area (Å²) >= 11 is 0. The quantitative estimate of drug-likeness (QED) is 0.815. The Morgan fingerprint density at radius 2 is 1.80 bits per heavy atom. The molecule has 1 aliphatic heterocycles. The Labute approximate surface area is 121 Å². The molecule has 1 aromatic rings. The Morgan fingerprint density at radius 3 is 2.30 bits per heavy atom. The topological polar surface area (TPSA) is 51.0 Å². The second-order valence-electron chi connectivity index (χ2n) is 5.07. The van der Waals surface area contributed by atoms with Gasteiger partial charge in [0, 0.05) is 5.56 Å². The van der Waals surface area contributed by atoms with Crippen LogP contribution in [0.1, 0.15) is 12.5 Å². The van der Waals surface area contributed by atoms with E-state index in [9.17, 15) is 8.42 Å². The van der Waals surface area contributed by atoms with Crippen LogP contribution in [0.15, 0.2) is 24.3 Å². The van der Waals surface area contributed by atoms with Gasteiger partial charge in [-0.15, -0.1) is 0 Å². The normalized spacial score (nSPS) is 18.1. The second-order valence-corrected chi connectivity index (χ2v) is 7.33. The van der Waals surface area contributed by atoms with E-state index in [-0.39, 0.29) is 5.75 Å². The molecule has 0 atom stereocenters. The summed E-state index contributed by atoms with van der Waals surface area (Å²) in [6.07, 6.45) is 0. The molecule has 1 heterocycles. The monoisotopic (exact) mass is 299 g/mol. The van der Waals surface area contributed by atoms with Crippen molar-refractivity contribution < 1.29 is 18.1 Å². The average Bonchev–Trinajstić information content (AvgIpc) is 2.48. The minimum absolute atomic E-state index is 0.195. The average molecular weight is 299 g/mol. The molecule has 0 unspecified atom stereocenters. The lowest BCUT2D eigenvalue weighted by atomic mass is 10.2. The van der Waals surface area contributed by atoms with E-state index in [4.69, 9.17) is 4.74 Å². The maximum absolute atomic E-state index is 11.8. The molecule has 5 nitrogen and oxygen atoms in total. The number of rotatable bonds is 5. The van der Waals surface area contributed by atoms with E-state index in [1.807, 2.05) is 12.1 Å². The third-order valence-corrected chi connectivity index (χ3v) is 5.68. The molecule has 1 aliphatic rings. The van der Waals surface area contributed by atoms with Crippen molar-refractivity contribution >= 4 is 10.0 Å². The van der Waals surface area contributed by atoms with Crippen molar-refractivity contribution in [2.24, 2.45) is 0 Å². The molecule has 0 radical (unpaired) electrons. The van der Waals surface area contributed by atoms with Crippen molar-refractivity contribution in [1.29, 1.82) is 0 Å². The number of nitrogens with one attached hydrogen (secondary N) is 1. The second kappa shape index (κ2) is 6.56. The highest BCUT2D eigenvalue weighted by Gasteiger charge is 2.27. The van der Waals surface area contributed by atoms with Gasteiger partial charge in [0.2, 0.25) is 10.0 Å². The van der Waals surface area contributed by atoms with Gasteiger partial charge in [-0.05, 0) is 31.2 Å². The first-order valence-corrected chi connectivity index (χ1v) is 8.60. The molecule has 2 rings (SSSR count). The minimum atomic E-state index is -3.02. The van der Waals surface area contributed by atoms with Gasteiger partial charge in [0.15, 0.2) is 0 Å². The van der Waals surface area contributed by atoms with Crippen LogP contribution in [0, 0.1) is 0 Å². The number of piperazine rings is 1. The molecule has 6 heteroatoms. The Morgan fingerprint density at radius 1 is 1.20 bits per heavy atom. The van der Waals surface area contributed by atoms with Gasteiger partial charge < -0.3 is 9.64 Å². The summed E-state index contributed by atoms with van der Waals surface area (Å²) < 4.78 is 30.3. The van der Waals surface area contributed by atoms with Gasteiger partial charge in [-0.25, -0.2) is 8.42 Å². The number of sulfonamides is 1. The molecule has 0 spiro atoms. The number of hydrogen-bond donors (Lipinski definition) is 1. The van der Waals surface area contributed by atoms with Gasteiger partial charge >= 0.3 is 0 Å². The van der Waals surface area contributed by atoms with Crippen LogP contribution in [0.25, 0.3) is 0 Å². The summed E-state index contributed by atoms with van der Waals surface area (Å²) in [6.45, 7) is 5.62. The van der Waals surface area contributed by atoms with Crippen LogP contribution in [0.3, 0.4) is 0 Å². The van der Waals surface area contributed by atoms with Gasteiger partial charge in [0.1, 0.15) is 12.3 Å². The molecule has 1 fully saturated rings. The van der Waals surface area contributed by atoms with Gasteiger partial charge in [-0.1, -0.05) is 0 Å². The predicted octanol–water partition coefficient (Wildman–Crippen LogP) is -0.255. The van der Waals surface area contributed by atoms with Crippen molar-refractivity contribution in [3.05, 3.63) is 29.8 Å². The highest BCUT2D eigenvalue weighted by molar-refractivity contribution is 7.89. The SMILES string of the molecule is CCS(=O)(=O)N1CC[NH+](Cc2ccc(OC)cc2)CC1. The van der Waals surface area contributed by atoms with Crippen LogP contribution >= 0.6 is 0 Å². The lowest BCUT2D eigenvalue weighted by molar-refractivity contribution is -0.917. The summed E-state index contributed by atoms with van der Waals surface area (Å²) in [7, 11) is -1.36. The van der Waals surface area contributed by atoms with E-state index in [1.165, 1.54) is 10.5 Å². The van der Waals surface area contributed by atoms with Crippen LogP contribution in [-0.4, -0.2) is 51.8 Å². The number of ether oxygens (including phenoxy) is 1. The summed E-state index contributed by atoms with van der Waals surface area (Å²) in [5.41, 5.74) is 1.26. The van der Waals surface area contributed by atoms with Crippen LogP contribution in [0.5, 0.6) is 5.75 Å². The first-order valence-electron chi connectivity index (χ1n) is 6.99. The first kappa shape index (κ1) is 15.3. The van der Waals surface area contributed by atoms with Gasteiger partial charge in [0.25, 0.3) is 0 Å². The predicted molar refractivity (Wildman–Crippen MR) is 78.4 cm³/mol. The standard InChI is InChI=1S/C14H22N2O3S/c1-3-20(17,18)16-10-8-15(9-11-16)12-13-4-6-14(19-2)7-5-13/h4-7H,3,8-12H2,1-2H3/p+1. The lowest BCUT2D eigenvalue weighted by Crippen LogP contribution is -3.13. The molecular formula is C14H23N2O3S+. The Kier molecular flexibility index (Phi) is 5.01. The fourth-order valence-corrected chi connectivity index (χ4v) is 3.58. The fraction of sp³-hybridized carbons (Fsp3) is 0.571. The van der Waals surface area contributed by atoms with Crippen molar-refractivity contribution in [3.63, 3.8) is 0 Å². The van der Waals surface area contributed by atoms with E-state index >= 15 is 0 Å². The zero-order chi connectivity index (χ0) is 14.6. The van der Waals surface area contributed by atoms with Gasteiger partial charge in [-0.2, -0.15) is 4.31 Å². The zero-order valence-electron chi connectivity index (χ0n) is 12.1. The maximum atomic E-state index is 11.8. The smallest absolute Gasteiger partial charge is 0.214 e. The highest BCUT2D eigenvalue weighted by atomic mass is 32.2. The number of quaternary nitrogens is 1. The van der Waals surface area contributed by atoms with E-state index in [1.54, 1.807) is 18.3 Å². The molecule has 1 N–H and O–H groups in total. The van der Waals surface area contributed by atoms with E-state index in [2.05, 4.69) is 12.1 Å². The molecule has 112 valence electrons. The van der Waals surface area contributed by atoms with E-state index in [0.29, 0.717) is 13.1 Å². The van der Waals surface area contributed by atoms with Crippen LogP contribution in [0.4, 0.5) is 0 Å². The summed E-state index contributed by atoms with van der Waals surface area (Å²) in [5.74, 6) is 1.06. The maximum Gasteiger partial charge on any atom is 0.214 e. The van der Waals surface area contributed by atoms with E-state index < -0.39 is 10.0 Å². The molecule has 0 saturated carbocycles. The van der Waals surface area contributed by atoms with Crippen LogP contribution < -0.4 is 9.64 Å². The lowest BCUT2D eigenvalue weighted by Gasteiger charge is -2.31. The van der Waals surface area contributed by atoms with Crippen molar-refractivity contribution in [1.82, 2.24) is 4.31 Å². The Bertz CT molecular complexity index is 520. The molecule has 0 aliphatic carbocycles. The number of nitrogens with zero attached hydrogens (tertiary/aromatic N) is 1. The molecule has 0 amide bonds. The van der Waals surface area contributed by atoms with Crippen molar-refractivity contribution in [3.8, 4) is 5.75 Å². The van der Waals surface area contributed by atoms with Gasteiger partial charge in [-0.3, -0.25) is 0 Å². The molecule has 1 aromatic carbocycles. The molecule has 0 bridgehead atoms. The van der Waals surface area contributed by atoms with E-state index in [0.717, 1.165) is 25.4 Å². The fourth-order valence-electron chi connectivity index (χ4n) is 2.47. The number of benzene rings is 1. The number of methoxy groups -OCH3 is 1. The molecule has 0 aromatic heterocycles. The summed E-state index contributed by atoms with van der Waals surface area (Å²) in [4.78, 5) is 1.43. The Hall–Kier alpha value is -1.11. The third-order valence-electron chi connectivity index (χ3n) is 3.80. The summed E-state index contributed by atoms with van der Waals surface area (Å²) in [6, 6.07) is 8.07. The third kappa shape index (κ3) is 3.71.